The number of anilines is 1. The van der Waals surface area contributed by atoms with Gasteiger partial charge in [0.25, 0.3) is 0 Å². The van der Waals surface area contributed by atoms with E-state index in [0.717, 1.165) is 18.2 Å². The van der Waals surface area contributed by atoms with Crippen molar-refractivity contribution in [2.75, 3.05) is 5.73 Å². The highest BCUT2D eigenvalue weighted by Gasteiger charge is 2.21. The molecule has 3 heteroatoms. The van der Waals surface area contributed by atoms with Crippen molar-refractivity contribution in [2.45, 2.75) is 77.7 Å². The zero-order chi connectivity index (χ0) is 13.0. The van der Waals surface area contributed by atoms with Gasteiger partial charge < -0.3 is 10.3 Å². The van der Waals surface area contributed by atoms with E-state index < -0.39 is 0 Å². The van der Waals surface area contributed by atoms with Gasteiger partial charge in [0.15, 0.2) is 0 Å². The fourth-order valence-corrected chi connectivity index (χ4v) is 3.06. The minimum absolute atomic E-state index is 0.606. The summed E-state index contributed by atoms with van der Waals surface area (Å²) in [5, 5.41) is 0. The van der Waals surface area contributed by atoms with Gasteiger partial charge in [-0.25, -0.2) is 4.98 Å². The molecule has 0 aromatic carbocycles. The van der Waals surface area contributed by atoms with Crippen molar-refractivity contribution in [3.63, 3.8) is 0 Å². The Morgan fingerprint density at radius 2 is 1.89 bits per heavy atom. The smallest absolute Gasteiger partial charge is 0.127 e. The second-order valence-electron chi connectivity index (χ2n) is 5.62. The number of hydrogen-bond acceptors (Lipinski definition) is 2. The second-order valence-corrected chi connectivity index (χ2v) is 5.62. The largest absolute Gasteiger partial charge is 0.384 e. The molecule has 0 saturated heterocycles. The van der Waals surface area contributed by atoms with Crippen molar-refractivity contribution in [2.24, 2.45) is 0 Å². The van der Waals surface area contributed by atoms with Crippen LogP contribution in [0.5, 0.6) is 0 Å². The van der Waals surface area contributed by atoms with Crippen molar-refractivity contribution in [1.82, 2.24) is 9.55 Å². The number of rotatable bonds is 4. The van der Waals surface area contributed by atoms with E-state index >= 15 is 0 Å². The molecule has 1 fully saturated rings. The van der Waals surface area contributed by atoms with Crippen molar-refractivity contribution in [1.29, 1.82) is 0 Å². The van der Waals surface area contributed by atoms with Crippen LogP contribution in [-0.4, -0.2) is 9.55 Å². The molecule has 18 heavy (non-hydrogen) atoms. The van der Waals surface area contributed by atoms with Crippen LogP contribution in [0.15, 0.2) is 0 Å². The van der Waals surface area contributed by atoms with E-state index in [1.165, 1.54) is 57.1 Å². The Morgan fingerprint density at radius 1 is 1.22 bits per heavy atom. The average molecular weight is 249 g/mol. The molecule has 2 N–H and O–H groups in total. The zero-order valence-electron chi connectivity index (χ0n) is 11.9. The molecular weight excluding hydrogens is 222 g/mol. The molecule has 1 heterocycles. The van der Waals surface area contributed by atoms with Crippen molar-refractivity contribution >= 4 is 5.82 Å². The highest BCUT2D eigenvalue weighted by Crippen LogP contribution is 2.34. The molecule has 0 radical (unpaired) electrons. The molecular formula is C15H27N3. The summed E-state index contributed by atoms with van der Waals surface area (Å²) in [7, 11) is 0. The molecule has 1 aliphatic carbocycles. The van der Waals surface area contributed by atoms with Gasteiger partial charge in [-0.05, 0) is 26.2 Å². The molecule has 1 aliphatic rings. The van der Waals surface area contributed by atoms with E-state index in [1.807, 2.05) is 0 Å². The Hall–Kier alpha value is -0.990. The molecule has 0 amide bonds. The van der Waals surface area contributed by atoms with Gasteiger partial charge in [0.2, 0.25) is 0 Å². The van der Waals surface area contributed by atoms with Crippen LogP contribution in [0.1, 0.15) is 75.7 Å². The number of nitrogens with zero attached hydrogens (tertiary/aromatic N) is 2. The van der Waals surface area contributed by atoms with E-state index in [0.29, 0.717) is 5.92 Å². The van der Waals surface area contributed by atoms with Gasteiger partial charge in [0, 0.05) is 12.5 Å². The van der Waals surface area contributed by atoms with Gasteiger partial charge in [-0.1, -0.05) is 39.0 Å². The van der Waals surface area contributed by atoms with Gasteiger partial charge in [-0.15, -0.1) is 0 Å². The van der Waals surface area contributed by atoms with Gasteiger partial charge in [0.05, 0.1) is 5.69 Å². The first kappa shape index (κ1) is 13.4. The van der Waals surface area contributed by atoms with Crippen LogP contribution in [0, 0.1) is 6.92 Å². The minimum Gasteiger partial charge on any atom is -0.384 e. The zero-order valence-corrected chi connectivity index (χ0v) is 11.9. The quantitative estimate of drug-likeness (QED) is 0.819. The molecule has 1 saturated carbocycles. The van der Waals surface area contributed by atoms with E-state index in [4.69, 9.17) is 10.7 Å². The molecule has 0 unspecified atom stereocenters. The van der Waals surface area contributed by atoms with Crippen molar-refractivity contribution in [3.8, 4) is 0 Å². The predicted octanol–water partition coefficient (Wildman–Crippen LogP) is 4.01. The average Bonchev–Trinajstić information content (AvgIpc) is 2.60. The highest BCUT2D eigenvalue weighted by atomic mass is 15.1. The third-order valence-electron chi connectivity index (χ3n) is 4.20. The number of imidazole rings is 1. The summed E-state index contributed by atoms with van der Waals surface area (Å²) in [4.78, 5) is 4.77. The normalized spacial score (nSPS) is 17.9. The lowest BCUT2D eigenvalue weighted by Crippen LogP contribution is -2.07. The molecule has 0 atom stereocenters. The number of unbranched alkanes of at least 4 members (excludes halogenated alkanes) is 1. The molecule has 0 aliphatic heterocycles. The predicted molar refractivity (Wildman–Crippen MR) is 76.7 cm³/mol. The van der Waals surface area contributed by atoms with Crippen LogP contribution >= 0.6 is 0 Å². The van der Waals surface area contributed by atoms with Gasteiger partial charge in [0.1, 0.15) is 11.6 Å². The fraction of sp³-hybridized carbons (Fsp3) is 0.800. The lowest BCUT2D eigenvalue weighted by molar-refractivity contribution is 0.580. The Bertz CT molecular complexity index is 373. The summed E-state index contributed by atoms with van der Waals surface area (Å²) >= 11 is 0. The molecule has 0 spiro atoms. The highest BCUT2D eigenvalue weighted by molar-refractivity contribution is 5.40. The Balaban J connectivity index is 2.16. The van der Waals surface area contributed by atoms with Crippen LogP contribution in [0.2, 0.25) is 0 Å². The molecule has 3 nitrogen and oxygen atoms in total. The van der Waals surface area contributed by atoms with E-state index in [1.54, 1.807) is 0 Å². The SMILES string of the molecule is CCCCn1c(C)nc(C2CCCCCC2)c1N. The summed E-state index contributed by atoms with van der Waals surface area (Å²) in [6, 6.07) is 0. The van der Waals surface area contributed by atoms with Crippen molar-refractivity contribution < 1.29 is 0 Å². The number of aryl methyl sites for hydroxylation is 1. The second kappa shape index (κ2) is 6.26. The lowest BCUT2D eigenvalue weighted by Gasteiger charge is -2.13. The third kappa shape index (κ3) is 2.88. The first-order valence-corrected chi connectivity index (χ1v) is 7.56. The maximum atomic E-state index is 6.33. The molecule has 1 aromatic heterocycles. The van der Waals surface area contributed by atoms with Gasteiger partial charge in [-0.3, -0.25) is 0 Å². The Labute approximate surface area is 111 Å². The summed E-state index contributed by atoms with van der Waals surface area (Å²) < 4.78 is 2.21. The maximum Gasteiger partial charge on any atom is 0.127 e. The van der Waals surface area contributed by atoms with Crippen LogP contribution in [0.25, 0.3) is 0 Å². The molecule has 0 bridgehead atoms. The van der Waals surface area contributed by atoms with Crippen LogP contribution in [0.4, 0.5) is 5.82 Å². The van der Waals surface area contributed by atoms with Crippen LogP contribution in [0.3, 0.4) is 0 Å². The Morgan fingerprint density at radius 3 is 2.50 bits per heavy atom. The molecule has 1 aromatic rings. The van der Waals surface area contributed by atoms with Crippen molar-refractivity contribution in [3.05, 3.63) is 11.5 Å². The van der Waals surface area contributed by atoms with Gasteiger partial charge in [-0.2, -0.15) is 0 Å². The third-order valence-corrected chi connectivity index (χ3v) is 4.20. The maximum absolute atomic E-state index is 6.33. The summed E-state index contributed by atoms with van der Waals surface area (Å²) in [6.07, 6.45) is 10.4. The number of aromatic nitrogens is 2. The van der Waals surface area contributed by atoms with Gasteiger partial charge >= 0.3 is 0 Å². The summed E-state index contributed by atoms with van der Waals surface area (Å²) in [5.74, 6) is 2.64. The number of hydrogen-bond donors (Lipinski definition) is 1. The topological polar surface area (TPSA) is 43.8 Å². The first-order chi connectivity index (χ1) is 8.74. The van der Waals surface area contributed by atoms with Crippen LogP contribution in [-0.2, 0) is 6.54 Å². The van der Waals surface area contributed by atoms with E-state index in [-0.39, 0.29) is 0 Å². The lowest BCUT2D eigenvalue weighted by atomic mass is 9.96. The fourth-order valence-electron chi connectivity index (χ4n) is 3.06. The number of nitrogens with two attached hydrogens (primary N) is 1. The number of nitrogen functional groups attached to an aromatic ring is 1. The molecule has 2 rings (SSSR count). The summed E-state index contributed by atoms with van der Waals surface area (Å²) in [6.45, 7) is 5.33. The first-order valence-electron chi connectivity index (χ1n) is 7.56. The summed E-state index contributed by atoms with van der Waals surface area (Å²) in [5.41, 5.74) is 7.51. The monoisotopic (exact) mass is 249 g/mol. The standard InChI is InChI=1S/C15H27N3/c1-3-4-11-18-12(2)17-14(15(18)16)13-9-7-5-6-8-10-13/h13H,3-11,16H2,1-2H3. The van der Waals surface area contributed by atoms with Crippen LogP contribution < -0.4 is 5.73 Å². The van der Waals surface area contributed by atoms with E-state index in [9.17, 15) is 0 Å². The molecule has 102 valence electrons. The van der Waals surface area contributed by atoms with E-state index in [2.05, 4.69) is 18.4 Å². The Kier molecular flexibility index (Phi) is 4.67. The minimum atomic E-state index is 0.606.